The van der Waals surface area contributed by atoms with Gasteiger partial charge in [-0.25, -0.2) is 22.7 Å². The Labute approximate surface area is 148 Å². The molecule has 0 spiro atoms. The molecule has 11 heteroatoms. The summed E-state index contributed by atoms with van der Waals surface area (Å²) in [6, 6.07) is 1.17. The zero-order chi connectivity index (χ0) is 19.1. The first kappa shape index (κ1) is 18.4. The smallest absolute Gasteiger partial charge is 0.271 e. The Hall–Kier alpha value is -2.40. The van der Waals surface area contributed by atoms with Gasteiger partial charge in [-0.05, 0) is 25.0 Å². The molecule has 3 rings (SSSR count). The standard InChI is InChI=1S/C15H17F2N5O3S/c16-9-3-10(17)5-13(4-9)26(24,25)22-11-1-2-12(22)8-21(7-11)15(23)14(18)6-20-19/h3-6,11-12,19H,1-2,7-8,18H2/b14-6-,20-19?. The number of piperazine rings is 1. The largest absolute Gasteiger partial charge is 0.393 e. The molecule has 2 bridgehead atoms. The van der Waals surface area contributed by atoms with Crippen molar-refractivity contribution in [3.63, 3.8) is 0 Å². The highest BCUT2D eigenvalue weighted by atomic mass is 32.2. The Balaban J connectivity index is 1.87. The molecule has 2 aliphatic heterocycles. The third kappa shape index (κ3) is 3.19. The first-order chi connectivity index (χ1) is 12.2. The fourth-order valence-corrected chi connectivity index (χ4v) is 5.42. The zero-order valence-corrected chi connectivity index (χ0v) is 14.4. The average molecular weight is 385 g/mol. The van der Waals surface area contributed by atoms with E-state index in [9.17, 15) is 22.0 Å². The van der Waals surface area contributed by atoms with Gasteiger partial charge in [-0.3, -0.25) is 4.79 Å². The van der Waals surface area contributed by atoms with E-state index < -0.39 is 44.5 Å². The van der Waals surface area contributed by atoms with Gasteiger partial charge in [0.15, 0.2) is 0 Å². The lowest BCUT2D eigenvalue weighted by Crippen LogP contribution is -2.57. The van der Waals surface area contributed by atoms with Crippen LogP contribution in [0.5, 0.6) is 0 Å². The number of nitrogens with zero attached hydrogens (tertiary/aromatic N) is 3. The Bertz CT molecular complexity index is 855. The number of fused-ring (bicyclic) bond motifs is 2. The number of carbonyl (C=O) groups excluding carboxylic acids is 1. The zero-order valence-electron chi connectivity index (χ0n) is 13.6. The van der Waals surface area contributed by atoms with Gasteiger partial charge in [-0.1, -0.05) is 0 Å². The highest BCUT2D eigenvalue weighted by Gasteiger charge is 2.48. The van der Waals surface area contributed by atoms with Crippen LogP contribution in [0.25, 0.3) is 0 Å². The van der Waals surface area contributed by atoms with E-state index in [-0.39, 0.29) is 18.8 Å². The second-order valence-corrected chi connectivity index (χ2v) is 8.09. The Morgan fingerprint density at radius 2 is 1.73 bits per heavy atom. The normalized spacial score (nSPS) is 23.9. The fourth-order valence-electron chi connectivity index (χ4n) is 3.53. The van der Waals surface area contributed by atoms with Crippen LogP contribution in [0.4, 0.5) is 8.78 Å². The van der Waals surface area contributed by atoms with Gasteiger partial charge in [0.2, 0.25) is 10.0 Å². The first-order valence-corrected chi connectivity index (χ1v) is 9.29. The summed E-state index contributed by atoms with van der Waals surface area (Å²) in [6.07, 6.45) is 1.97. The number of hydrogen-bond acceptors (Lipinski definition) is 6. The summed E-state index contributed by atoms with van der Waals surface area (Å²) in [6.45, 7) is 0.220. The molecule has 26 heavy (non-hydrogen) atoms. The minimum absolute atomic E-state index is 0.110. The molecular formula is C15H17F2N5O3S. The summed E-state index contributed by atoms with van der Waals surface area (Å²) in [7, 11) is -4.10. The van der Waals surface area contributed by atoms with Crippen molar-refractivity contribution < 1.29 is 22.0 Å². The van der Waals surface area contributed by atoms with Crippen molar-refractivity contribution in [2.75, 3.05) is 13.1 Å². The van der Waals surface area contributed by atoms with Crippen LogP contribution in [0.2, 0.25) is 0 Å². The maximum Gasteiger partial charge on any atom is 0.271 e. The molecule has 1 amide bonds. The number of amides is 1. The van der Waals surface area contributed by atoms with Crippen LogP contribution in [0.1, 0.15) is 12.8 Å². The summed E-state index contributed by atoms with van der Waals surface area (Å²) >= 11 is 0. The van der Waals surface area contributed by atoms with E-state index in [4.69, 9.17) is 11.3 Å². The maximum absolute atomic E-state index is 13.4. The molecule has 2 aliphatic rings. The first-order valence-electron chi connectivity index (χ1n) is 7.85. The van der Waals surface area contributed by atoms with Crippen molar-refractivity contribution in [3.05, 3.63) is 41.7 Å². The molecule has 2 unspecified atom stereocenters. The molecule has 0 aliphatic carbocycles. The Kier molecular flexibility index (Phi) is 4.76. The molecule has 0 radical (unpaired) electrons. The van der Waals surface area contributed by atoms with Gasteiger partial charge in [0.05, 0.1) is 11.1 Å². The third-order valence-electron chi connectivity index (χ3n) is 4.56. The number of likely N-dealkylation sites (tertiary alicyclic amines) is 1. The van der Waals surface area contributed by atoms with E-state index in [2.05, 4.69) is 5.11 Å². The molecule has 1 aromatic carbocycles. The minimum atomic E-state index is -4.10. The molecular weight excluding hydrogens is 368 g/mol. The molecule has 2 heterocycles. The van der Waals surface area contributed by atoms with Gasteiger partial charge in [0.1, 0.15) is 17.3 Å². The summed E-state index contributed by atoms with van der Waals surface area (Å²) in [5.74, 6) is -2.46. The highest BCUT2D eigenvalue weighted by Crippen LogP contribution is 2.35. The van der Waals surface area contributed by atoms with E-state index in [1.54, 1.807) is 0 Å². The van der Waals surface area contributed by atoms with Crippen LogP contribution in [-0.4, -0.2) is 48.7 Å². The number of nitrogens with one attached hydrogen (secondary N) is 1. The number of rotatable bonds is 4. The summed E-state index contributed by atoms with van der Waals surface area (Å²) < 4.78 is 53.9. The average Bonchev–Trinajstić information content (AvgIpc) is 2.85. The molecule has 3 N–H and O–H groups in total. The van der Waals surface area contributed by atoms with Crippen molar-refractivity contribution in [2.24, 2.45) is 10.8 Å². The summed E-state index contributed by atoms with van der Waals surface area (Å²) in [5, 5.41) is 2.95. The SMILES string of the molecule is N=N/C=C(\N)C(=O)N1CC2CCC(C1)N2S(=O)(=O)c1cc(F)cc(F)c1. The maximum atomic E-state index is 13.4. The van der Waals surface area contributed by atoms with Crippen molar-refractivity contribution in [2.45, 2.75) is 29.8 Å². The number of sulfonamides is 1. The van der Waals surface area contributed by atoms with Crippen LogP contribution in [0, 0.1) is 17.2 Å². The monoisotopic (exact) mass is 385 g/mol. The van der Waals surface area contributed by atoms with E-state index in [1.807, 2.05) is 0 Å². The topological polar surface area (TPSA) is 120 Å². The number of benzene rings is 1. The van der Waals surface area contributed by atoms with Gasteiger partial charge < -0.3 is 10.6 Å². The van der Waals surface area contributed by atoms with Crippen LogP contribution in [0.3, 0.4) is 0 Å². The van der Waals surface area contributed by atoms with E-state index in [0.29, 0.717) is 18.9 Å². The van der Waals surface area contributed by atoms with Crippen LogP contribution < -0.4 is 5.73 Å². The van der Waals surface area contributed by atoms with E-state index >= 15 is 0 Å². The molecule has 2 atom stereocenters. The van der Waals surface area contributed by atoms with Gasteiger partial charge in [0.25, 0.3) is 5.91 Å². The van der Waals surface area contributed by atoms with Crippen molar-refractivity contribution >= 4 is 15.9 Å². The van der Waals surface area contributed by atoms with Crippen molar-refractivity contribution in [3.8, 4) is 0 Å². The van der Waals surface area contributed by atoms with Crippen LogP contribution in [0.15, 0.2) is 40.1 Å². The summed E-state index contributed by atoms with van der Waals surface area (Å²) in [4.78, 5) is 13.2. The lowest BCUT2D eigenvalue weighted by molar-refractivity contribution is -0.129. The fraction of sp³-hybridized carbons (Fsp3) is 0.400. The van der Waals surface area contributed by atoms with Crippen LogP contribution >= 0.6 is 0 Å². The third-order valence-corrected chi connectivity index (χ3v) is 6.55. The van der Waals surface area contributed by atoms with Crippen molar-refractivity contribution in [1.29, 1.82) is 5.53 Å². The predicted octanol–water partition coefficient (Wildman–Crippen LogP) is 1.16. The Morgan fingerprint density at radius 3 is 2.23 bits per heavy atom. The Morgan fingerprint density at radius 1 is 1.19 bits per heavy atom. The van der Waals surface area contributed by atoms with E-state index in [0.717, 1.165) is 18.3 Å². The second-order valence-electron chi connectivity index (χ2n) is 6.25. The van der Waals surface area contributed by atoms with Gasteiger partial charge in [0, 0.05) is 31.2 Å². The summed E-state index contributed by atoms with van der Waals surface area (Å²) in [5.41, 5.74) is 12.1. The molecule has 140 valence electrons. The molecule has 8 nitrogen and oxygen atoms in total. The number of hydrogen-bond donors (Lipinski definition) is 2. The van der Waals surface area contributed by atoms with Gasteiger partial charge >= 0.3 is 0 Å². The van der Waals surface area contributed by atoms with Gasteiger partial charge in [-0.2, -0.15) is 9.42 Å². The second kappa shape index (κ2) is 6.72. The minimum Gasteiger partial charge on any atom is -0.393 e. The van der Waals surface area contributed by atoms with Crippen LogP contribution in [-0.2, 0) is 14.8 Å². The molecule has 0 aromatic heterocycles. The van der Waals surface area contributed by atoms with Crippen molar-refractivity contribution in [1.82, 2.24) is 9.21 Å². The van der Waals surface area contributed by atoms with Gasteiger partial charge in [-0.15, -0.1) is 0 Å². The molecule has 2 fully saturated rings. The lowest BCUT2D eigenvalue weighted by Gasteiger charge is -2.40. The molecule has 2 saturated heterocycles. The number of nitrogens with two attached hydrogens (primary N) is 1. The quantitative estimate of drug-likeness (QED) is 0.597. The number of carbonyl (C=O) groups is 1. The lowest BCUT2D eigenvalue weighted by atomic mass is 10.2. The molecule has 1 aromatic rings. The predicted molar refractivity (Wildman–Crippen MR) is 86.2 cm³/mol. The highest BCUT2D eigenvalue weighted by molar-refractivity contribution is 7.89. The number of halogens is 2. The molecule has 0 saturated carbocycles. The van der Waals surface area contributed by atoms with E-state index in [1.165, 1.54) is 9.21 Å².